The number of nitrogens with zero attached hydrogens (tertiary/aromatic N) is 2. The average molecular weight is 631 g/mol. The zero-order valence-corrected chi connectivity index (χ0v) is 24.2. The van der Waals surface area contributed by atoms with Crippen molar-refractivity contribution in [1.82, 2.24) is 4.90 Å². The molecule has 2 aromatic carbocycles. The highest BCUT2D eigenvalue weighted by molar-refractivity contribution is 6.58. The van der Waals surface area contributed by atoms with Crippen LogP contribution in [0.2, 0.25) is 0 Å². The van der Waals surface area contributed by atoms with Crippen molar-refractivity contribution in [1.29, 1.82) is 0 Å². The molecule has 6 unspecified atom stereocenters. The van der Waals surface area contributed by atoms with Crippen molar-refractivity contribution in [3.05, 3.63) is 71.6 Å². The molecule has 0 spiro atoms. The molecule has 2 heterocycles. The van der Waals surface area contributed by atoms with Crippen LogP contribution in [0.15, 0.2) is 60.2 Å². The number of methoxy groups -OCH3 is 1. The van der Waals surface area contributed by atoms with E-state index in [4.69, 9.17) is 33.0 Å². The van der Waals surface area contributed by atoms with Crippen molar-refractivity contribution < 1.29 is 42.9 Å². The third-order valence-corrected chi connectivity index (χ3v) is 10.2. The number of hydrogen-bond donors (Lipinski definition) is 1. The van der Waals surface area contributed by atoms with E-state index in [0.717, 1.165) is 24.1 Å². The summed E-state index contributed by atoms with van der Waals surface area (Å²) in [4.78, 5) is 64.7. The fourth-order valence-corrected chi connectivity index (χ4v) is 7.90. The molecule has 0 bridgehead atoms. The van der Waals surface area contributed by atoms with Gasteiger partial charge in [0, 0.05) is 5.92 Å². The summed E-state index contributed by atoms with van der Waals surface area (Å²) >= 11 is 14.5. The molecule has 0 aromatic heterocycles. The highest BCUT2D eigenvalue weighted by Crippen LogP contribution is 2.65. The molecule has 13 heteroatoms. The zero-order chi connectivity index (χ0) is 30.8. The Labute approximate surface area is 254 Å². The molecule has 5 amide bonds. The molecule has 2 saturated heterocycles. The number of carbonyl (C=O) groups excluding carboxylic acids is 5. The third-order valence-electron chi connectivity index (χ3n) is 8.83. The Morgan fingerprint density at radius 3 is 2.30 bits per heavy atom. The van der Waals surface area contributed by atoms with Crippen LogP contribution >= 0.6 is 23.2 Å². The van der Waals surface area contributed by atoms with Gasteiger partial charge in [-0.25, -0.2) is 14.1 Å². The van der Waals surface area contributed by atoms with Crippen molar-refractivity contribution in [3.63, 3.8) is 0 Å². The number of alkyl halides is 2. The molecule has 1 saturated carbocycles. The Morgan fingerprint density at radius 2 is 1.67 bits per heavy atom. The monoisotopic (exact) mass is 630 g/mol. The second kappa shape index (κ2) is 10.4. The third kappa shape index (κ3) is 4.05. The Hall–Kier alpha value is -3.80. The molecule has 2 aliphatic heterocycles. The number of benzene rings is 2. The van der Waals surface area contributed by atoms with Crippen LogP contribution < -0.4 is 9.64 Å². The normalized spacial score (nSPS) is 31.4. The number of rotatable bonds is 5. The summed E-state index contributed by atoms with van der Waals surface area (Å²) < 4.78 is 23.9. The second-order valence-corrected chi connectivity index (χ2v) is 12.1. The van der Waals surface area contributed by atoms with Crippen LogP contribution in [0.4, 0.5) is 14.9 Å². The van der Waals surface area contributed by atoms with Crippen molar-refractivity contribution >= 4 is 58.6 Å². The molecule has 2 aliphatic carbocycles. The van der Waals surface area contributed by atoms with E-state index in [1.807, 2.05) is 0 Å². The quantitative estimate of drug-likeness (QED) is 0.302. The van der Waals surface area contributed by atoms with E-state index in [1.54, 1.807) is 30.3 Å². The summed E-state index contributed by atoms with van der Waals surface area (Å²) in [6.07, 6.45) is 0.417. The molecule has 3 fully saturated rings. The molecular weight excluding hydrogens is 606 g/mol. The van der Waals surface area contributed by atoms with Crippen LogP contribution in [0.3, 0.4) is 0 Å². The van der Waals surface area contributed by atoms with Crippen molar-refractivity contribution in [3.8, 4) is 5.75 Å². The molecule has 2 aromatic rings. The minimum absolute atomic E-state index is 0.0513. The Balaban J connectivity index is 1.51. The van der Waals surface area contributed by atoms with Crippen molar-refractivity contribution in [2.45, 2.75) is 28.5 Å². The molecule has 6 atom stereocenters. The maximum atomic E-state index is 14.3. The number of allylic oxidation sites excluding steroid dienone is 2. The standard InChI is InChI=1S/C30H25Cl2FN2O8/c1-42-28(41)35-24(37)20-11-10-19-21(22(20)25(35)38)14-29(31)26(39)34(17-6-4-16(33)5-7-17)27(40)30(29,32)23(19)15-2-8-18(9-3-15)43-13-12-36/h2-10,20-23,36H,11-14H2,1H3. The van der Waals surface area contributed by atoms with E-state index in [1.165, 1.54) is 12.1 Å². The molecule has 0 radical (unpaired) electrons. The molecule has 224 valence electrons. The summed E-state index contributed by atoms with van der Waals surface area (Å²) in [5, 5.41) is 9.11. The van der Waals surface area contributed by atoms with Gasteiger partial charge in [-0.3, -0.25) is 19.2 Å². The van der Waals surface area contributed by atoms with Gasteiger partial charge in [-0.2, -0.15) is 4.90 Å². The predicted octanol–water partition coefficient (Wildman–Crippen LogP) is 3.53. The van der Waals surface area contributed by atoms with E-state index >= 15 is 0 Å². The average Bonchev–Trinajstić information content (AvgIpc) is 3.34. The van der Waals surface area contributed by atoms with Crippen LogP contribution in [0.25, 0.3) is 0 Å². The fraction of sp³-hybridized carbons (Fsp3) is 0.367. The SMILES string of the molecule is COC(=O)N1C(=O)C2CC=C3C(CC4(Cl)C(=O)N(c5ccc(F)cc5)C(=O)C4(Cl)C3c3ccc(OCCO)cc3)C2C1=O. The Bertz CT molecular complexity index is 1580. The molecule has 1 N–H and O–H groups in total. The minimum Gasteiger partial charge on any atom is -0.491 e. The largest absolute Gasteiger partial charge is 0.491 e. The molecule has 4 aliphatic rings. The smallest absolute Gasteiger partial charge is 0.423 e. The number of hydrogen-bond acceptors (Lipinski definition) is 8. The first-order valence-electron chi connectivity index (χ1n) is 13.5. The Kier molecular flexibility index (Phi) is 7.10. The molecule has 10 nitrogen and oxygen atoms in total. The molecule has 43 heavy (non-hydrogen) atoms. The number of aliphatic hydroxyl groups is 1. The van der Waals surface area contributed by atoms with Crippen LogP contribution in [0, 0.1) is 23.6 Å². The highest BCUT2D eigenvalue weighted by Gasteiger charge is 2.76. The van der Waals surface area contributed by atoms with E-state index in [0.29, 0.717) is 21.8 Å². The topological polar surface area (TPSA) is 131 Å². The lowest BCUT2D eigenvalue weighted by Gasteiger charge is -2.50. The van der Waals surface area contributed by atoms with Crippen LogP contribution in [-0.4, -0.2) is 69.8 Å². The maximum Gasteiger partial charge on any atom is 0.423 e. The maximum absolute atomic E-state index is 14.3. The van der Waals surface area contributed by atoms with Crippen molar-refractivity contribution in [2.24, 2.45) is 17.8 Å². The van der Waals surface area contributed by atoms with Gasteiger partial charge in [0.15, 0.2) is 9.75 Å². The summed E-state index contributed by atoms with van der Waals surface area (Å²) in [6.45, 7) is -0.151. The highest BCUT2D eigenvalue weighted by atomic mass is 35.5. The van der Waals surface area contributed by atoms with Gasteiger partial charge in [0.05, 0.1) is 31.2 Å². The van der Waals surface area contributed by atoms with Gasteiger partial charge in [0.25, 0.3) is 11.8 Å². The number of imide groups is 4. The number of aliphatic hydroxyl groups excluding tert-OH is 1. The lowest BCUT2D eigenvalue weighted by atomic mass is 9.56. The summed E-state index contributed by atoms with van der Waals surface area (Å²) in [5.74, 6) is -7.16. The van der Waals surface area contributed by atoms with E-state index in [-0.39, 0.29) is 31.7 Å². The zero-order valence-electron chi connectivity index (χ0n) is 22.7. The first-order valence-corrected chi connectivity index (χ1v) is 14.3. The number of carbonyl (C=O) groups is 5. The summed E-state index contributed by atoms with van der Waals surface area (Å²) in [6, 6.07) is 11.2. The van der Waals surface area contributed by atoms with Crippen LogP contribution in [-0.2, 0) is 23.9 Å². The van der Waals surface area contributed by atoms with Gasteiger partial charge in [0.1, 0.15) is 18.2 Å². The summed E-state index contributed by atoms with van der Waals surface area (Å²) in [7, 11) is 1.06. The lowest BCUT2D eigenvalue weighted by molar-refractivity contribution is -0.138. The van der Waals surface area contributed by atoms with Gasteiger partial charge < -0.3 is 14.6 Å². The number of ether oxygens (including phenoxy) is 2. The van der Waals surface area contributed by atoms with Crippen LogP contribution in [0.5, 0.6) is 5.75 Å². The van der Waals surface area contributed by atoms with E-state index in [9.17, 15) is 28.4 Å². The summed E-state index contributed by atoms with van der Waals surface area (Å²) in [5.41, 5.74) is 1.08. The van der Waals surface area contributed by atoms with Gasteiger partial charge in [-0.05, 0) is 60.7 Å². The number of fused-ring (bicyclic) bond motifs is 4. The fourth-order valence-electron chi connectivity index (χ4n) is 6.96. The van der Waals surface area contributed by atoms with Gasteiger partial charge in [-0.1, -0.05) is 23.8 Å². The number of amides is 5. The van der Waals surface area contributed by atoms with Crippen molar-refractivity contribution in [2.75, 3.05) is 25.2 Å². The first kappa shape index (κ1) is 29.3. The van der Waals surface area contributed by atoms with E-state index < -0.39 is 69.0 Å². The van der Waals surface area contributed by atoms with E-state index in [2.05, 4.69) is 4.74 Å². The Morgan fingerprint density at radius 1 is 1.00 bits per heavy atom. The van der Waals surface area contributed by atoms with Gasteiger partial charge >= 0.3 is 6.09 Å². The predicted molar refractivity (Wildman–Crippen MR) is 150 cm³/mol. The van der Waals surface area contributed by atoms with Gasteiger partial charge in [0.2, 0.25) is 11.8 Å². The molecular formula is C30H25Cl2FN2O8. The number of likely N-dealkylation sites (tertiary alicyclic amines) is 1. The molecule has 6 rings (SSSR count). The second-order valence-electron chi connectivity index (χ2n) is 10.9. The number of halogens is 3. The first-order chi connectivity index (χ1) is 20.5. The number of anilines is 1. The van der Waals surface area contributed by atoms with Crippen LogP contribution in [0.1, 0.15) is 24.3 Å². The van der Waals surface area contributed by atoms with Gasteiger partial charge in [-0.15, -0.1) is 23.2 Å². The minimum atomic E-state index is -2.09. The lowest BCUT2D eigenvalue weighted by Crippen LogP contribution is -2.60.